The Morgan fingerprint density at radius 1 is 1.14 bits per heavy atom. The number of halogens is 5. The van der Waals surface area contributed by atoms with Crippen LogP contribution in [0.1, 0.15) is 92.1 Å². The quantitative estimate of drug-likeness (QED) is 0.178. The molecule has 0 bridgehead atoms. The lowest BCUT2D eigenvalue weighted by atomic mass is 9.79. The van der Waals surface area contributed by atoms with E-state index in [1.54, 1.807) is 13.0 Å². The second-order valence-electron chi connectivity index (χ2n) is 9.61. The van der Waals surface area contributed by atoms with Gasteiger partial charge in [0.25, 0.3) is 0 Å². The normalized spacial score (nSPS) is 15.5. The zero-order valence-electron chi connectivity index (χ0n) is 23.3. The minimum Gasteiger partial charge on any atom is -0.299 e. The zero-order chi connectivity index (χ0) is 28.8. The minimum atomic E-state index is -3.92. The van der Waals surface area contributed by atoms with E-state index < -0.39 is 29.1 Å². The minimum absolute atomic E-state index is 0.0884. The third-order valence-corrected chi connectivity index (χ3v) is 6.65. The smallest absolute Gasteiger partial charge is 0.299 e. The molecule has 0 radical (unpaired) electrons. The molecule has 3 nitrogen and oxygen atoms in total. The molecule has 1 aromatic carbocycles. The molecule has 0 amide bonds. The van der Waals surface area contributed by atoms with E-state index in [9.17, 15) is 26.7 Å². The second-order valence-corrected chi connectivity index (χ2v) is 9.61. The van der Waals surface area contributed by atoms with Gasteiger partial charge in [-0.25, -0.2) is 8.78 Å². The van der Waals surface area contributed by atoms with Crippen LogP contribution in [0.3, 0.4) is 0 Å². The Labute approximate surface area is 219 Å². The Kier molecular flexibility index (Phi) is 15.4. The van der Waals surface area contributed by atoms with Crippen molar-refractivity contribution in [3.8, 4) is 0 Å². The zero-order valence-corrected chi connectivity index (χ0v) is 23.3. The van der Waals surface area contributed by atoms with Gasteiger partial charge in [-0.15, -0.1) is 0 Å². The van der Waals surface area contributed by atoms with Crippen molar-refractivity contribution in [1.82, 2.24) is 0 Å². The number of allylic oxidation sites excluding steroid dienone is 2. The average Bonchev–Trinajstić information content (AvgIpc) is 3.37. The van der Waals surface area contributed by atoms with Crippen LogP contribution in [0.5, 0.6) is 0 Å². The van der Waals surface area contributed by atoms with Gasteiger partial charge >= 0.3 is 6.18 Å². The Bertz CT molecular complexity index is 893. The van der Waals surface area contributed by atoms with E-state index in [1.807, 2.05) is 34.6 Å². The number of azo groups is 1. The first-order valence-corrected chi connectivity index (χ1v) is 13.0. The van der Waals surface area contributed by atoms with Crippen LogP contribution in [0.15, 0.2) is 46.7 Å². The highest BCUT2D eigenvalue weighted by molar-refractivity contribution is 5.81. The van der Waals surface area contributed by atoms with E-state index in [4.69, 9.17) is 0 Å². The van der Waals surface area contributed by atoms with Crippen molar-refractivity contribution in [3.63, 3.8) is 0 Å². The van der Waals surface area contributed by atoms with Crippen LogP contribution in [0.25, 0.3) is 5.70 Å². The van der Waals surface area contributed by atoms with Gasteiger partial charge in [0, 0.05) is 12.5 Å². The predicted molar refractivity (Wildman–Crippen MR) is 141 cm³/mol. The fourth-order valence-electron chi connectivity index (χ4n) is 3.91. The molecular weight excluding hydrogens is 487 g/mol. The molecule has 1 aliphatic carbocycles. The summed E-state index contributed by atoms with van der Waals surface area (Å²) >= 11 is 0. The van der Waals surface area contributed by atoms with Gasteiger partial charge in [0.2, 0.25) is 0 Å². The van der Waals surface area contributed by atoms with E-state index in [-0.39, 0.29) is 23.0 Å². The molecule has 0 spiro atoms. The van der Waals surface area contributed by atoms with Crippen molar-refractivity contribution in [2.24, 2.45) is 27.5 Å². The van der Waals surface area contributed by atoms with E-state index in [2.05, 4.69) is 16.8 Å². The number of rotatable bonds is 9. The first-order chi connectivity index (χ1) is 17.2. The van der Waals surface area contributed by atoms with Crippen molar-refractivity contribution in [2.75, 3.05) is 7.05 Å². The molecule has 0 N–H and O–H groups in total. The van der Waals surface area contributed by atoms with Crippen LogP contribution in [-0.4, -0.2) is 19.0 Å². The van der Waals surface area contributed by atoms with Gasteiger partial charge in [-0.3, -0.25) is 4.79 Å². The highest BCUT2D eigenvalue weighted by Gasteiger charge is 2.40. The van der Waals surface area contributed by atoms with Crippen molar-refractivity contribution >= 4 is 11.5 Å². The summed E-state index contributed by atoms with van der Waals surface area (Å²) in [6, 6.07) is 3.68. The van der Waals surface area contributed by atoms with E-state index in [0.29, 0.717) is 19.3 Å². The molecule has 210 valence electrons. The maximum atomic E-state index is 14.1. The van der Waals surface area contributed by atoms with E-state index in [1.165, 1.54) is 25.2 Å². The molecular formula is C29H43F5N2O. The van der Waals surface area contributed by atoms with Crippen LogP contribution in [0.4, 0.5) is 22.0 Å². The molecule has 0 aliphatic heterocycles. The average molecular weight is 531 g/mol. The summed E-state index contributed by atoms with van der Waals surface area (Å²) in [6.45, 7) is 15.5. The number of alkyl halides is 3. The van der Waals surface area contributed by atoms with Crippen LogP contribution < -0.4 is 0 Å². The molecule has 37 heavy (non-hydrogen) atoms. The summed E-state index contributed by atoms with van der Waals surface area (Å²) in [4.78, 5) is 11.7. The van der Waals surface area contributed by atoms with Gasteiger partial charge < -0.3 is 0 Å². The summed E-state index contributed by atoms with van der Waals surface area (Å²) < 4.78 is 63.5. The highest BCUT2D eigenvalue weighted by atomic mass is 19.4. The maximum absolute atomic E-state index is 14.1. The van der Waals surface area contributed by atoms with Gasteiger partial charge in [0.1, 0.15) is 17.4 Å². The van der Waals surface area contributed by atoms with Gasteiger partial charge in [0.15, 0.2) is 0 Å². The molecule has 1 atom stereocenters. The number of carbonyl (C=O) groups is 1. The van der Waals surface area contributed by atoms with Crippen LogP contribution in [0.2, 0.25) is 0 Å². The molecule has 1 saturated carbocycles. The molecule has 8 heteroatoms. The first-order valence-electron chi connectivity index (χ1n) is 13.0. The summed E-state index contributed by atoms with van der Waals surface area (Å²) in [5.41, 5.74) is 0.216. The highest BCUT2D eigenvalue weighted by Crippen LogP contribution is 2.38. The summed E-state index contributed by atoms with van der Waals surface area (Å²) in [6.07, 6.45) is 2.15. The standard InChI is InChI=1S/C21H28F2N2O.C6H9F3.C2H6/c1-7-16(11-12-21(4,5)15(3)26)14(2)13-19(25-24-6)20-17(22)9-8-10-18(20)23;7-6(8,9)5-3-1-2-4-5;1-2/h8-10,13,16H,2,7,11-12H2,1,3-6H3;5H,1-4H2;1-2H3/b19-13-,25-24?;;/t16-;;/m1../s1. The SMILES string of the molecule is C=C(/C=C(\N=NC)c1c(F)cccc1F)[C@H](CC)CCC(C)(C)C(C)=O.CC.FC(F)(F)C1CCCC1. The topological polar surface area (TPSA) is 41.8 Å². The summed E-state index contributed by atoms with van der Waals surface area (Å²) in [5.74, 6) is -2.14. The lowest BCUT2D eigenvalue weighted by Gasteiger charge is -2.24. The summed E-state index contributed by atoms with van der Waals surface area (Å²) in [5, 5.41) is 7.58. The van der Waals surface area contributed by atoms with Crippen molar-refractivity contribution < 1.29 is 26.7 Å². The fourth-order valence-corrected chi connectivity index (χ4v) is 3.91. The number of ketones is 1. The number of Topliss-reactive ketones (excluding diaryl/α,β-unsaturated/α-hetero) is 1. The van der Waals surface area contributed by atoms with Gasteiger partial charge in [-0.05, 0) is 68.7 Å². The van der Waals surface area contributed by atoms with Crippen molar-refractivity contribution in [2.45, 2.75) is 92.7 Å². The van der Waals surface area contributed by atoms with Gasteiger partial charge in [-0.2, -0.15) is 23.4 Å². The van der Waals surface area contributed by atoms with Crippen molar-refractivity contribution in [1.29, 1.82) is 0 Å². The molecule has 2 rings (SSSR count). The Hall–Kier alpha value is -2.38. The number of nitrogens with zero attached hydrogens (tertiary/aromatic N) is 2. The Morgan fingerprint density at radius 3 is 2.03 bits per heavy atom. The van der Waals surface area contributed by atoms with Crippen LogP contribution >= 0.6 is 0 Å². The van der Waals surface area contributed by atoms with E-state index in [0.717, 1.165) is 31.3 Å². The monoisotopic (exact) mass is 530 g/mol. The predicted octanol–water partition coefficient (Wildman–Crippen LogP) is 10.1. The van der Waals surface area contributed by atoms with Gasteiger partial charge in [-0.1, -0.05) is 60.1 Å². The van der Waals surface area contributed by atoms with Crippen LogP contribution in [0, 0.1) is 28.9 Å². The second kappa shape index (κ2) is 16.5. The molecule has 0 unspecified atom stereocenters. The van der Waals surface area contributed by atoms with Crippen molar-refractivity contribution in [3.05, 3.63) is 53.6 Å². The third-order valence-electron chi connectivity index (χ3n) is 6.65. The maximum Gasteiger partial charge on any atom is 0.391 e. The van der Waals surface area contributed by atoms with Gasteiger partial charge in [0.05, 0.1) is 17.2 Å². The Balaban J connectivity index is 0.000000977. The number of hydrogen-bond acceptors (Lipinski definition) is 3. The lowest BCUT2D eigenvalue weighted by molar-refractivity contribution is -0.172. The first kappa shape index (κ1) is 34.6. The Morgan fingerprint density at radius 2 is 1.65 bits per heavy atom. The molecule has 1 aromatic rings. The largest absolute Gasteiger partial charge is 0.391 e. The molecule has 0 aromatic heterocycles. The number of carbonyl (C=O) groups excluding carboxylic acids is 1. The lowest BCUT2D eigenvalue weighted by Crippen LogP contribution is -2.22. The molecule has 1 aliphatic rings. The molecule has 0 saturated heterocycles. The van der Waals surface area contributed by atoms with Crippen LogP contribution in [-0.2, 0) is 4.79 Å². The number of benzene rings is 1. The molecule has 0 heterocycles. The molecule has 1 fully saturated rings. The fraction of sp³-hybridized carbons (Fsp3) is 0.621. The third kappa shape index (κ3) is 11.7. The number of hydrogen-bond donors (Lipinski definition) is 0. The van der Waals surface area contributed by atoms with E-state index >= 15 is 0 Å². The summed E-state index contributed by atoms with van der Waals surface area (Å²) in [7, 11) is 1.45.